The maximum atomic E-state index is 11.4. The van der Waals surface area contributed by atoms with Gasteiger partial charge < -0.3 is 9.64 Å². The molecule has 5 nitrogen and oxygen atoms in total. The molecule has 2 rings (SSSR count). The minimum Gasteiger partial charge on any atom is -0.464 e. The highest BCUT2D eigenvalue weighted by molar-refractivity contribution is 5.87. The molecule has 5 heteroatoms. The maximum absolute atomic E-state index is 11.4. The van der Waals surface area contributed by atoms with E-state index in [0.717, 1.165) is 18.9 Å². The Hall–Kier alpha value is -1.65. The van der Waals surface area contributed by atoms with Crippen molar-refractivity contribution in [1.29, 1.82) is 0 Å². The van der Waals surface area contributed by atoms with Gasteiger partial charge in [0, 0.05) is 13.1 Å². The zero-order chi connectivity index (χ0) is 13.1. The third-order valence-corrected chi connectivity index (χ3v) is 3.21. The van der Waals surface area contributed by atoms with Crippen molar-refractivity contribution in [2.24, 2.45) is 11.8 Å². The lowest BCUT2D eigenvalue weighted by Gasteiger charge is -2.35. The summed E-state index contributed by atoms with van der Waals surface area (Å²) >= 11 is 0. The topological polar surface area (TPSA) is 55.3 Å². The van der Waals surface area contributed by atoms with Crippen LogP contribution in [-0.2, 0) is 4.74 Å². The molecule has 0 saturated carbocycles. The predicted octanol–water partition coefficient (Wildman–Crippen LogP) is 1.75. The van der Waals surface area contributed by atoms with Crippen LogP contribution in [0.4, 0.5) is 5.82 Å². The lowest BCUT2D eigenvalue weighted by molar-refractivity contribution is 0.0593. The van der Waals surface area contributed by atoms with Crippen LogP contribution in [0.5, 0.6) is 0 Å². The lowest BCUT2D eigenvalue weighted by Crippen LogP contribution is -2.39. The quantitative estimate of drug-likeness (QED) is 0.747. The van der Waals surface area contributed by atoms with E-state index in [0.29, 0.717) is 11.8 Å². The molecule has 1 aliphatic heterocycles. The van der Waals surface area contributed by atoms with Crippen LogP contribution in [0.15, 0.2) is 12.4 Å². The summed E-state index contributed by atoms with van der Waals surface area (Å²) < 4.78 is 4.66. The van der Waals surface area contributed by atoms with Gasteiger partial charge in [0.05, 0.1) is 19.5 Å². The van der Waals surface area contributed by atoms with Crippen molar-refractivity contribution >= 4 is 11.8 Å². The van der Waals surface area contributed by atoms with Gasteiger partial charge in [-0.15, -0.1) is 0 Å². The fourth-order valence-electron chi connectivity index (χ4n) is 2.56. The van der Waals surface area contributed by atoms with Gasteiger partial charge in [0.15, 0.2) is 5.69 Å². The normalized spacial score (nSPS) is 23.8. The first-order valence-electron chi connectivity index (χ1n) is 6.25. The summed E-state index contributed by atoms with van der Waals surface area (Å²) in [6, 6.07) is 0. The number of methoxy groups -OCH3 is 1. The Balaban J connectivity index is 2.20. The van der Waals surface area contributed by atoms with Crippen LogP contribution in [0.25, 0.3) is 0 Å². The summed E-state index contributed by atoms with van der Waals surface area (Å²) in [5.41, 5.74) is 0.265. The van der Waals surface area contributed by atoms with Gasteiger partial charge in [-0.1, -0.05) is 13.8 Å². The maximum Gasteiger partial charge on any atom is 0.358 e. The summed E-state index contributed by atoms with van der Waals surface area (Å²) in [7, 11) is 1.35. The Bertz CT molecular complexity index is 426. The smallest absolute Gasteiger partial charge is 0.358 e. The van der Waals surface area contributed by atoms with Crippen LogP contribution >= 0.6 is 0 Å². The number of nitrogens with zero attached hydrogens (tertiary/aromatic N) is 3. The Labute approximate surface area is 107 Å². The van der Waals surface area contributed by atoms with E-state index in [1.165, 1.54) is 19.7 Å². The number of carbonyl (C=O) groups excluding carboxylic acids is 1. The molecule has 2 atom stereocenters. The average Bonchev–Trinajstić information content (AvgIpc) is 2.37. The second-order valence-electron chi connectivity index (χ2n) is 5.11. The monoisotopic (exact) mass is 249 g/mol. The van der Waals surface area contributed by atoms with E-state index in [2.05, 4.69) is 33.5 Å². The zero-order valence-electron chi connectivity index (χ0n) is 11.1. The molecule has 1 aliphatic rings. The number of hydrogen-bond acceptors (Lipinski definition) is 5. The second-order valence-corrected chi connectivity index (χ2v) is 5.11. The molecule has 18 heavy (non-hydrogen) atoms. The third-order valence-electron chi connectivity index (χ3n) is 3.21. The number of rotatable bonds is 2. The molecule has 0 aromatic carbocycles. The fourth-order valence-corrected chi connectivity index (χ4v) is 2.56. The minimum absolute atomic E-state index is 0.265. The number of carbonyl (C=O) groups is 1. The number of piperidine rings is 1. The van der Waals surface area contributed by atoms with Crippen LogP contribution in [0.2, 0.25) is 0 Å². The predicted molar refractivity (Wildman–Crippen MR) is 68.5 cm³/mol. The Morgan fingerprint density at radius 2 is 2.00 bits per heavy atom. The molecular weight excluding hydrogens is 230 g/mol. The SMILES string of the molecule is COC(=O)c1cncc(N2CC(C)CC(C)C2)n1. The molecule has 0 spiro atoms. The van der Waals surface area contributed by atoms with Crippen molar-refractivity contribution in [2.75, 3.05) is 25.1 Å². The second kappa shape index (κ2) is 5.33. The number of ether oxygens (including phenoxy) is 1. The van der Waals surface area contributed by atoms with Crippen LogP contribution in [-0.4, -0.2) is 36.1 Å². The number of hydrogen-bond donors (Lipinski definition) is 0. The molecule has 2 heterocycles. The molecular formula is C13H19N3O2. The van der Waals surface area contributed by atoms with E-state index in [1.807, 2.05) is 0 Å². The van der Waals surface area contributed by atoms with Gasteiger partial charge in [0.1, 0.15) is 5.82 Å². The third kappa shape index (κ3) is 2.78. The molecule has 0 radical (unpaired) electrons. The van der Waals surface area contributed by atoms with E-state index in [9.17, 15) is 4.79 Å². The highest BCUT2D eigenvalue weighted by Gasteiger charge is 2.23. The highest BCUT2D eigenvalue weighted by atomic mass is 16.5. The largest absolute Gasteiger partial charge is 0.464 e. The Morgan fingerprint density at radius 3 is 2.61 bits per heavy atom. The number of aromatic nitrogens is 2. The molecule has 0 aliphatic carbocycles. The van der Waals surface area contributed by atoms with Crippen molar-refractivity contribution in [3.05, 3.63) is 18.1 Å². The molecule has 0 bridgehead atoms. The summed E-state index contributed by atoms with van der Waals surface area (Å²) in [4.78, 5) is 22.0. The van der Waals surface area contributed by atoms with Crippen LogP contribution in [0.1, 0.15) is 30.8 Å². The molecule has 1 fully saturated rings. The number of esters is 1. The summed E-state index contributed by atoms with van der Waals surface area (Å²) in [6.45, 7) is 6.40. The molecule has 1 saturated heterocycles. The summed E-state index contributed by atoms with van der Waals surface area (Å²) in [5, 5.41) is 0. The standard InChI is InChI=1S/C13H19N3O2/c1-9-4-10(2)8-16(7-9)12-6-14-5-11(15-12)13(17)18-3/h5-6,9-10H,4,7-8H2,1-3H3. The fraction of sp³-hybridized carbons (Fsp3) is 0.615. The molecule has 2 unspecified atom stereocenters. The van der Waals surface area contributed by atoms with Gasteiger partial charge in [-0.3, -0.25) is 4.98 Å². The molecule has 1 aromatic heterocycles. The zero-order valence-corrected chi connectivity index (χ0v) is 11.1. The van der Waals surface area contributed by atoms with Gasteiger partial charge in [0.2, 0.25) is 0 Å². The molecule has 98 valence electrons. The van der Waals surface area contributed by atoms with Gasteiger partial charge in [-0.25, -0.2) is 9.78 Å². The molecule has 0 N–H and O–H groups in total. The summed E-state index contributed by atoms with van der Waals surface area (Å²) in [5.74, 6) is 1.59. The Morgan fingerprint density at radius 1 is 1.33 bits per heavy atom. The average molecular weight is 249 g/mol. The van der Waals surface area contributed by atoms with Crippen molar-refractivity contribution in [1.82, 2.24) is 9.97 Å². The van der Waals surface area contributed by atoms with Gasteiger partial charge >= 0.3 is 5.97 Å². The van der Waals surface area contributed by atoms with Crippen LogP contribution in [0, 0.1) is 11.8 Å². The molecule has 0 amide bonds. The van der Waals surface area contributed by atoms with Gasteiger partial charge in [-0.2, -0.15) is 0 Å². The Kier molecular flexibility index (Phi) is 3.79. The van der Waals surface area contributed by atoms with Gasteiger partial charge in [-0.05, 0) is 18.3 Å². The van der Waals surface area contributed by atoms with Crippen molar-refractivity contribution in [3.63, 3.8) is 0 Å². The number of anilines is 1. The first-order valence-corrected chi connectivity index (χ1v) is 6.25. The first-order chi connectivity index (χ1) is 8.60. The van der Waals surface area contributed by atoms with Crippen LogP contribution in [0.3, 0.4) is 0 Å². The lowest BCUT2D eigenvalue weighted by atomic mass is 9.92. The minimum atomic E-state index is -0.442. The van der Waals surface area contributed by atoms with Crippen LogP contribution < -0.4 is 4.90 Å². The summed E-state index contributed by atoms with van der Waals surface area (Å²) in [6.07, 6.45) is 4.38. The van der Waals surface area contributed by atoms with E-state index in [-0.39, 0.29) is 5.69 Å². The first kappa shape index (κ1) is 12.8. The van der Waals surface area contributed by atoms with E-state index in [1.54, 1.807) is 6.20 Å². The van der Waals surface area contributed by atoms with E-state index in [4.69, 9.17) is 0 Å². The highest BCUT2D eigenvalue weighted by Crippen LogP contribution is 2.24. The van der Waals surface area contributed by atoms with E-state index >= 15 is 0 Å². The van der Waals surface area contributed by atoms with Crippen molar-refractivity contribution in [3.8, 4) is 0 Å². The van der Waals surface area contributed by atoms with Crippen molar-refractivity contribution < 1.29 is 9.53 Å². The van der Waals surface area contributed by atoms with Gasteiger partial charge in [0.25, 0.3) is 0 Å². The van der Waals surface area contributed by atoms with E-state index < -0.39 is 5.97 Å². The molecule has 1 aromatic rings. The van der Waals surface area contributed by atoms with Crippen molar-refractivity contribution in [2.45, 2.75) is 20.3 Å².